The molecule has 10 heteroatoms. The van der Waals surface area contributed by atoms with E-state index in [1.165, 1.54) is 4.90 Å². The van der Waals surface area contributed by atoms with Crippen molar-refractivity contribution < 1.29 is 24.2 Å². The molecule has 1 aromatic heterocycles. The molecule has 0 aliphatic carbocycles. The Labute approximate surface area is 188 Å². The Balaban J connectivity index is 1.29. The molecule has 2 aliphatic rings. The predicted molar refractivity (Wildman–Crippen MR) is 114 cm³/mol. The first-order chi connectivity index (χ1) is 16.0. The number of nitrogens with zero attached hydrogens (tertiary/aromatic N) is 4. The number of rotatable bonds is 6. The van der Waals surface area contributed by atoms with Gasteiger partial charge in [-0.15, -0.1) is 5.10 Å². The minimum absolute atomic E-state index is 0.0641. The van der Waals surface area contributed by atoms with Gasteiger partial charge in [0.15, 0.2) is 0 Å². The molecule has 168 valence electrons. The van der Waals surface area contributed by atoms with Crippen LogP contribution in [0.4, 0.5) is 0 Å². The molecule has 1 atom stereocenters. The smallest absolute Gasteiger partial charge is 0.255 e. The summed E-state index contributed by atoms with van der Waals surface area (Å²) in [5, 5.41) is 19.8. The Kier molecular flexibility index (Phi) is 5.35. The summed E-state index contributed by atoms with van der Waals surface area (Å²) < 4.78 is 7.28. The highest BCUT2D eigenvalue weighted by Gasteiger charge is 2.39. The van der Waals surface area contributed by atoms with Gasteiger partial charge in [0.05, 0.1) is 18.5 Å². The molecule has 1 fully saturated rings. The molecule has 0 spiro atoms. The lowest BCUT2D eigenvalue weighted by molar-refractivity contribution is -0.136. The van der Waals surface area contributed by atoms with Gasteiger partial charge in [-0.2, -0.15) is 0 Å². The quantitative estimate of drug-likeness (QED) is 0.542. The molecule has 1 unspecified atom stereocenters. The summed E-state index contributed by atoms with van der Waals surface area (Å²) in [5.41, 5.74) is 3.34. The number of hydrogen-bond donors (Lipinski definition) is 2. The normalized spacial score (nSPS) is 17.8. The molecule has 1 saturated heterocycles. The van der Waals surface area contributed by atoms with Crippen LogP contribution in [-0.4, -0.2) is 48.8 Å². The summed E-state index contributed by atoms with van der Waals surface area (Å²) in [5.74, 6) is -0.366. The molecule has 0 radical (unpaired) electrons. The Hall–Kier alpha value is -4.05. The lowest BCUT2D eigenvalue weighted by atomic mass is 10.0. The van der Waals surface area contributed by atoms with Crippen LogP contribution in [0.25, 0.3) is 5.69 Å². The van der Waals surface area contributed by atoms with E-state index in [4.69, 9.17) is 4.74 Å². The van der Waals surface area contributed by atoms with Crippen molar-refractivity contribution in [3.8, 4) is 11.4 Å². The molecule has 10 nitrogen and oxygen atoms in total. The second-order valence-corrected chi connectivity index (χ2v) is 7.99. The fourth-order valence-electron chi connectivity index (χ4n) is 4.07. The van der Waals surface area contributed by atoms with E-state index in [0.29, 0.717) is 35.7 Å². The Bertz CT molecular complexity index is 1250. The maximum atomic E-state index is 13.0. The van der Waals surface area contributed by atoms with Crippen LogP contribution in [0.1, 0.15) is 40.0 Å². The molecule has 3 aromatic rings. The molecular formula is C23H21N5O5. The van der Waals surface area contributed by atoms with Gasteiger partial charge >= 0.3 is 0 Å². The summed E-state index contributed by atoms with van der Waals surface area (Å²) in [6.07, 6.45) is 2.26. The second kappa shape index (κ2) is 8.47. The first-order valence-corrected chi connectivity index (χ1v) is 10.5. The monoisotopic (exact) mass is 447 g/mol. The maximum absolute atomic E-state index is 13.0. The van der Waals surface area contributed by atoms with E-state index in [9.17, 15) is 19.5 Å². The van der Waals surface area contributed by atoms with Crippen molar-refractivity contribution >= 4 is 17.7 Å². The number of ether oxygens (including phenoxy) is 1. The largest absolute Gasteiger partial charge is 0.487 e. The van der Waals surface area contributed by atoms with Crippen LogP contribution in [0.15, 0.2) is 48.7 Å². The number of hydrogen-bond acceptors (Lipinski definition) is 7. The third-order valence-corrected chi connectivity index (χ3v) is 5.78. The Morgan fingerprint density at radius 2 is 2.03 bits per heavy atom. The number of aliphatic hydroxyl groups excluding tert-OH is 1. The van der Waals surface area contributed by atoms with E-state index in [-0.39, 0.29) is 31.4 Å². The van der Waals surface area contributed by atoms with Crippen LogP contribution in [0, 0.1) is 0 Å². The number of piperidine rings is 1. The van der Waals surface area contributed by atoms with Gasteiger partial charge in [-0.25, -0.2) is 4.68 Å². The van der Waals surface area contributed by atoms with Gasteiger partial charge in [0, 0.05) is 18.5 Å². The zero-order valence-corrected chi connectivity index (χ0v) is 17.6. The molecule has 2 aliphatic heterocycles. The fraction of sp³-hybridized carbons (Fsp3) is 0.261. The number of amides is 3. The summed E-state index contributed by atoms with van der Waals surface area (Å²) in [7, 11) is 0. The van der Waals surface area contributed by atoms with Crippen molar-refractivity contribution in [2.45, 2.75) is 38.6 Å². The van der Waals surface area contributed by atoms with Gasteiger partial charge in [0.2, 0.25) is 11.8 Å². The molecule has 2 N–H and O–H groups in total. The van der Waals surface area contributed by atoms with Crippen LogP contribution in [0.2, 0.25) is 0 Å². The van der Waals surface area contributed by atoms with Crippen LogP contribution < -0.4 is 10.1 Å². The lowest BCUT2D eigenvalue weighted by Gasteiger charge is -2.29. The van der Waals surface area contributed by atoms with E-state index in [1.54, 1.807) is 41.2 Å². The van der Waals surface area contributed by atoms with Crippen molar-refractivity contribution in [3.63, 3.8) is 0 Å². The number of aromatic nitrogens is 3. The van der Waals surface area contributed by atoms with Crippen molar-refractivity contribution in [1.82, 2.24) is 25.2 Å². The minimum Gasteiger partial charge on any atom is -0.487 e. The van der Waals surface area contributed by atoms with E-state index < -0.39 is 11.9 Å². The van der Waals surface area contributed by atoms with E-state index in [0.717, 1.165) is 11.1 Å². The standard InChI is InChI=1S/C23H21N5O5/c29-12-14-2-1-3-18(8-14)33-13-16-11-28(26-25-16)17-5-4-15-10-27(23(32)19(15)9-17)20-6-7-21(30)24-22(20)31/h1-5,8-9,11,20,29H,6-7,10,12-13H2,(H,24,30,31). The number of fused-ring (bicyclic) bond motifs is 1. The highest BCUT2D eigenvalue weighted by atomic mass is 16.5. The fourth-order valence-corrected chi connectivity index (χ4v) is 4.07. The SMILES string of the molecule is O=C1CCC(N2Cc3ccc(-n4cc(COc5cccc(CO)c5)nn4)cc3C2=O)C(=O)N1. The van der Waals surface area contributed by atoms with Crippen molar-refractivity contribution in [3.05, 3.63) is 71.0 Å². The first kappa shape index (κ1) is 20.8. The third kappa shape index (κ3) is 4.08. The van der Waals surface area contributed by atoms with Crippen LogP contribution in [0.5, 0.6) is 5.75 Å². The zero-order chi connectivity index (χ0) is 22.9. The van der Waals surface area contributed by atoms with Crippen LogP contribution in [-0.2, 0) is 29.3 Å². The van der Waals surface area contributed by atoms with Gasteiger partial charge in [-0.1, -0.05) is 23.4 Å². The Morgan fingerprint density at radius 3 is 2.85 bits per heavy atom. The maximum Gasteiger partial charge on any atom is 0.255 e. The van der Waals surface area contributed by atoms with Gasteiger partial charge in [-0.05, 0) is 41.8 Å². The summed E-state index contributed by atoms with van der Waals surface area (Å²) in [4.78, 5) is 38.1. The van der Waals surface area contributed by atoms with Crippen molar-refractivity contribution in [1.29, 1.82) is 0 Å². The average Bonchev–Trinajstić information content (AvgIpc) is 3.42. The topological polar surface area (TPSA) is 127 Å². The van der Waals surface area contributed by atoms with E-state index in [2.05, 4.69) is 15.6 Å². The summed E-state index contributed by atoms with van der Waals surface area (Å²) >= 11 is 0. The van der Waals surface area contributed by atoms with Crippen LogP contribution >= 0.6 is 0 Å². The highest BCUT2D eigenvalue weighted by molar-refractivity contribution is 6.05. The third-order valence-electron chi connectivity index (χ3n) is 5.78. The van der Waals surface area contributed by atoms with E-state index in [1.807, 2.05) is 12.1 Å². The second-order valence-electron chi connectivity index (χ2n) is 7.99. The van der Waals surface area contributed by atoms with Gasteiger partial charge in [0.25, 0.3) is 5.91 Å². The molecule has 3 amide bonds. The van der Waals surface area contributed by atoms with Gasteiger partial charge < -0.3 is 14.7 Å². The first-order valence-electron chi connectivity index (χ1n) is 10.5. The highest BCUT2D eigenvalue weighted by Crippen LogP contribution is 2.29. The van der Waals surface area contributed by atoms with Crippen molar-refractivity contribution in [2.24, 2.45) is 0 Å². The number of benzene rings is 2. The molecular weight excluding hydrogens is 426 g/mol. The number of carbonyl (C=O) groups is 3. The van der Waals surface area contributed by atoms with Gasteiger partial charge in [0.1, 0.15) is 24.1 Å². The number of nitrogens with one attached hydrogen (secondary N) is 1. The number of carbonyl (C=O) groups excluding carboxylic acids is 3. The average molecular weight is 447 g/mol. The molecule has 3 heterocycles. The van der Waals surface area contributed by atoms with E-state index >= 15 is 0 Å². The lowest BCUT2D eigenvalue weighted by Crippen LogP contribution is -2.52. The summed E-state index contributed by atoms with van der Waals surface area (Å²) in [6, 6.07) is 11.9. The van der Waals surface area contributed by atoms with Crippen LogP contribution in [0.3, 0.4) is 0 Å². The molecule has 5 rings (SSSR count). The molecule has 0 bridgehead atoms. The predicted octanol–water partition coefficient (Wildman–Crippen LogP) is 1.10. The minimum atomic E-state index is -0.648. The molecule has 0 saturated carbocycles. The Morgan fingerprint density at radius 1 is 1.15 bits per heavy atom. The number of aliphatic hydroxyl groups is 1. The number of imide groups is 1. The molecule has 2 aromatic carbocycles. The summed E-state index contributed by atoms with van der Waals surface area (Å²) in [6.45, 7) is 0.456. The zero-order valence-electron chi connectivity index (χ0n) is 17.6. The van der Waals surface area contributed by atoms with Gasteiger partial charge in [-0.3, -0.25) is 19.7 Å². The molecule has 33 heavy (non-hydrogen) atoms. The van der Waals surface area contributed by atoms with Crippen molar-refractivity contribution in [2.75, 3.05) is 0 Å².